The molecule has 1 unspecified atom stereocenters. The summed E-state index contributed by atoms with van der Waals surface area (Å²) in [6, 6.07) is 8.43. The Morgan fingerprint density at radius 2 is 2.05 bits per heavy atom. The topological polar surface area (TPSA) is 28.1 Å². The third-order valence-electron chi connectivity index (χ3n) is 3.48. The van der Waals surface area contributed by atoms with Crippen LogP contribution in [0.3, 0.4) is 0 Å². The van der Waals surface area contributed by atoms with Crippen molar-refractivity contribution in [2.45, 2.75) is 13.0 Å². The molecule has 1 aliphatic rings. The van der Waals surface area contributed by atoms with Gasteiger partial charge in [-0.05, 0) is 18.1 Å². The van der Waals surface area contributed by atoms with E-state index in [0.717, 1.165) is 25.7 Å². The van der Waals surface area contributed by atoms with Crippen molar-refractivity contribution in [1.82, 2.24) is 9.80 Å². The minimum atomic E-state index is 0. The van der Waals surface area contributed by atoms with Crippen molar-refractivity contribution in [3.8, 4) is 0 Å². The van der Waals surface area contributed by atoms with Crippen LogP contribution in [0.5, 0.6) is 0 Å². The highest BCUT2D eigenvalue weighted by molar-refractivity contribution is 14.0. The molecular weight excluding hydrogens is 365 g/mol. The number of aliphatic imine (C=N–C) groups is 1. The number of morpholine rings is 1. The third kappa shape index (κ3) is 3.85. The highest BCUT2D eigenvalue weighted by Gasteiger charge is 2.25. The molecule has 0 saturated carbocycles. The van der Waals surface area contributed by atoms with Crippen molar-refractivity contribution in [2.75, 3.05) is 40.8 Å². The summed E-state index contributed by atoms with van der Waals surface area (Å²) in [6.07, 6.45) is 0.131. The molecule has 2 rings (SSSR count). The third-order valence-corrected chi connectivity index (χ3v) is 3.48. The van der Waals surface area contributed by atoms with Crippen LogP contribution < -0.4 is 0 Å². The fourth-order valence-corrected chi connectivity index (χ4v) is 2.59. The number of aryl methyl sites for hydroxylation is 1. The first-order chi connectivity index (χ1) is 9.13. The summed E-state index contributed by atoms with van der Waals surface area (Å²) < 4.78 is 5.93. The molecule has 1 saturated heterocycles. The molecule has 4 nitrogen and oxygen atoms in total. The number of benzene rings is 1. The van der Waals surface area contributed by atoms with Gasteiger partial charge in [0.15, 0.2) is 5.96 Å². The van der Waals surface area contributed by atoms with Gasteiger partial charge in [0.1, 0.15) is 6.10 Å². The van der Waals surface area contributed by atoms with Gasteiger partial charge in [0.05, 0.1) is 13.2 Å². The first-order valence-electron chi connectivity index (χ1n) is 6.69. The number of ether oxygens (including phenoxy) is 1. The maximum Gasteiger partial charge on any atom is 0.195 e. The highest BCUT2D eigenvalue weighted by atomic mass is 127. The number of rotatable bonds is 1. The second kappa shape index (κ2) is 7.83. The summed E-state index contributed by atoms with van der Waals surface area (Å²) in [4.78, 5) is 8.72. The summed E-state index contributed by atoms with van der Waals surface area (Å²) in [6.45, 7) is 4.63. The van der Waals surface area contributed by atoms with Crippen LogP contribution in [-0.4, -0.2) is 56.6 Å². The van der Waals surface area contributed by atoms with Crippen LogP contribution in [0, 0.1) is 6.92 Å². The van der Waals surface area contributed by atoms with Crippen LogP contribution >= 0.6 is 24.0 Å². The van der Waals surface area contributed by atoms with Crippen LogP contribution in [0.1, 0.15) is 17.2 Å². The number of hydrogen-bond donors (Lipinski definition) is 0. The van der Waals surface area contributed by atoms with E-state index in [0.29, 0.717) is 0 Å². The zero-order valence-electron chi connectivity index (χ0n) is 12.7. The van der Waals surface area contributed by atoms with E-state index < -0.39 is 0 Å². The Kier molecular flexibility index (Phi) is 6.75. The molecule has 1 aliphatic heterocycles. The van der Waals surface area contributed by atoms with E-state index in [2.05, 4.69) is 46.0 Å². The Labute approximate surface area is 138 Å². The van der Waals surface area contributed by atoms with Gasteiger partial charge in [-0.15, -0.1) is 24.0 Å². The maximum atomic E-state index is 5.93. The molecule has 20 heavy (non-hydrogen) atoms. The first-order valence-corrected chi connectivity index (χ1v) is 6.69. The Morgan fingerprint density at radius 3 is 2.65 bits per heavy atom. The van der Waals surface area contributed by atoms with Crippen molar-refractivity contribution in [2.24, 2.45) is 4.99 Å². The van der Waals surface area contributed by atoms with Crippen LogP contribution in [0.15, 0.2) is 29.3 Å². The summed E-state index contributed by atoms with van der Waals surface area (Å²) in [5.41, 5.74) is 2.57. The zero-order chi connectivity index (χ0) is 13.8. The molecule has 0 amide bonds. The average molecular weight is 389 g/mol. The van der Waals surface area contributed by atoms with Gasteiger partial charge in [-0.25, -0.2) is 0 Å². The molecule has 0 spiro atoms. The number of halogens is 1. The van der Waals surface area contributed by atoms with Crippen LogP contribution in [-0.2, 0) is 4.74 Å². The number of guanidine groups is 1. The minimum absolute atomic E-state index is 0. The number of nitrogens with zero attached hydrogens (tertiary/aromatic N) is 3. The maximum absolute atomic E-state index is 5.93. The second-order valence-corrected chi connectivity index (χ2v) is 5.08. The molecule has 0 N–H and O–H groups in total. The van der Waals surface area contributed by atoms with E-state index in [1.54, 1.807) is 0 Å². The summed E-state index contributed by atoms with van der Waals surface area (Å²) in [5, 5.41) is 0. The Balaban J connectivity index is 0.00000200. The smallest absolute Gasteiger partial charge is 0.195 e. The standard InChI is InChI=1S/C15H23N3O.HI/c1-12-7-5-6-8-13(12)14-11-18(9-10-19-14)15(16-2)17(3)4;/h5-8,14H,9-11H2,1-4H3;1H. The predicted molar refractivity (Wildman–Crippen MR) is 93.9 cm³/mol. The lowest BCUT2D eigenvalue weighted by Gasteiger charge is -2.37. The average Bonchev–Trinajstić information content (AvgIpc) is 2.40. The summed E-state index contributed by atoms with van der Waals surface area (Å²) in [5.74, 6) is 1.02. The molecule has 1 fully saturated rings. The lowest BCUT2D eigenvalue weighted by Crippen LogP contribution is -2.47. The molecule has 1 heterocycles. The predicted octanol–water partition coefficient (Wildman–Crippen LogP) is 2.53. The van der Waals surface area contributed by atoms with Gasteiger partial charge < -0.3 is 14.5 Å². The van der Waals surface area contributed by atoms with Crippen LogP contribution in [0.4, 0.5) is 0 Å². The van der Waals surface area contributed by atoms with E-state index >= 15 is 0 Å². The lowest BCUT2D eigenvalue weighted by molar-refractivity contribution is -0.0101. The molecule has 1 aromatic rings. The largest absolute Gasteiger partial charge is 0.370 e. The molecule has 0 aromatic heterocycles. The molecule has 0 aliphatic carbocycles. The van der Waals surface area contributed by atoms with Crippen LogP contribution in [0.25, 0.3) is 0 Å². The van der Waals surface area contributed by atoms with Gasteiger partial charge in [0, 0.05) is 27.7 Å². The molecule has 5 heteroatoms. The molecule has 112 valence electrons. The Hall–Kier alpha value is -0.820. The molecule has 1 atom stereocenters. The van der Waals surface area contributed by atoms with E-state index in [1.165, 1.54) is 11.1 Å². The van der Waals surface area contributed by atoms with Crippen molar-refractivity contribution in [3.63, 3.8) is 0 Å². The van der Waals surface area contributed by atoms with Crippen molar-refractivity contribution >= 4 is 29.9 Å². The minimum Gasteiger partial charge on any atom is -0.370 e. The van der Waals surface area contributed by atoms with Gasteiger partial charge in [-0.1, -0.05) is 24.3 Å². The monoisotopic (exact) mass is 389 g/mol. The fourth-order valence-electron chi connectivity index (χ4n) is 2.59. The van der Waals surface area contributed by atoms with Gasteiger partial charge in [-0.3, -0.25) is 4.99 Å². The van der Waals surface area contributed by atoms with Gasteiger partial charge in [-0.2, -0.15) is 0 Å². The normalized spacial score (nSPS) is 19.5. The summed E-state index contributed by atoms with van der Waals surface area (Å²) in [7, 11) is 5.90. The first kappa shape index (κ1) is 17.2. The van der Waals surface area contributed by atoms with E-state index in [4.69, 9.17) is 4.74 Å². The van der Waals surface area contributed by atoms with E-state index in [9.17, 15) is 0 Å². The fraction of sp³-hybridized carbons (Fsp3) is 0.533. The Bertz CT molecular complexity index is 462. The zero-order valence-corrected chi connectivity index (χ0v) is 15.0. The summed E-state index contributed by atoms with van der Waals surface area (Å²) >= 11 is 0. The van der Waals surface area contributed by atoms with Gasteiger partial charge >= 0.3 is 0 Å². The highest BCUT2D eigenvalue weighted by Crippen LogP contribution is 2.25. The van der Waals surface area contributed by atoms with Crippen molar-refractivity contribution in [3.05, 3.63) is 35.4 Å². The Morgan fingerprint density at radius 1 is 1.35 bits per heavy atom. The number of hydrogen-bond acceptors (Lipinski definition) is 2. The van der Waals surface area contributed by atoms with Crippen molar-refractivity contribution < 1.29 is 4.74 Å². The molecular formula is C15H24IN3O. The van der Waals surface area contributed by atoms with Crippen LogP contribution in [0.2, 0.25) is 0 Å². The molecule has 0 bridgehead atoms. The molecule has 1 aromatic carbocycles. The van der Waals surface area contributed by atoms with Gasteiger partial charge in [0.2, 0.25) is 0 Å². The van der Waals surface area contributed by atoms with Crippen molar-refractivity contribution in [1.29, 1.82) is 0 Å². The quantitative estimate of drug-likeness (QED) is 0.420. The van der Waals surface area contributed by atoms with E-state index in [1.807, 2.05) is 21.1 Å². The van der Waals surface area contributed by atoms with E-state index in [-0.39, 0.29) is 30.1 Å². The lowest BCUT2D eigenvalue weighted by atomic mass is 10.0. The second-order valence-electron chi connectivity index (χ2n) is 5.08. The molecule has 0 radical (unpaired) electrons. The SMILES string of the molecule is CN=C(N(C)C)N1CCOC(c2ccccc2C)C1.I. The van der Waals surface area contributed by atoms with Gasteiger partial charge in [0.25, 0.3) is 0 Å².